The number of nitrogen functional groups attached to an aromatic ring is 1. The van der Waals surface area contributed by atoms with Gasteiger partial charge in [0.2, 0.25) is 5.95 Å². The van der Waals surface area contributed by atoms with E-state index in [4.69, 9.17) is 19.9 Å². The van der Waals surface area contributed by atoms with Crippen LogP contribution in [0.25, 0.3) is 11.2 Å². The van der Waals surface area contributed by atoms with Crippen LogP contribution in [-0.4, -0.2) is 52.6 Å². The summed E-state index contributed by atoms with van der Waals surface area (Å²) >= 11 is 0. The number of aromatic nitrogens is 4. The number of aromatic amines is 1. The molecule has 0 spiro atoms. The molecule has 2 aromatic rings. The molecule has 21 heavy (non-hydrogen) atoms. The molecular weight excluding hydrogens is 278 g/mol. The molecule has 0 aliphatic carbocycles. The lowest BCUT2D eigenvalue weighted by molar-refractivity contribution is -0.0597. The molecule has 1 aliphatic heterocycles. The zero-order valence-corrected chi connectivity index (χ0v) is 11.8. The molecule has 0 amide bonds. The minimum absolute atomic E-state index is 0.0454. The van der Waals surface area contributed by atoms with Crippen LogP contribution in [0.15, 0.2) is 11.1 Å². The van der Waals surface area contributed by atoms with Gasteiger partial charge in [-0.05, 0) is 0 Å². The van der Waals surface area contributed by atoms with Crippen LogP contribution in [0.3, 0.4) is 0 Å². The maximum atomic E-state index is 11.8. The highest BCUT2D eigenvalue weighted by molar-refractivity contribution is 5.70. The number of imidazole rings is 1. The van der Waals surface area contributed by atoms with E-state index in [1.165, 1.54) is 6.33 Å². The Bertz CT molecular complexity index is 697. The first-order valence-corrected chi connectivity index (χ1v) is 6.53. The standard InChI is InChI=1S/C12H17N5O4/c1-19-4-7-6(20-2)3-8(21-7)17-5-14-9-10(17)15-12(13)16-11(9)18/h5-8H,3-4H2,1-2H3,(H3,13,15,16,18)/t6-,7-,8-/m1/s1. The minimum Gasteiger partial charge on any atom is -0.382 e. The lowest BCUT2D eigenvalue weighted by Gasteiger charge is -2.16. The molecule has 0 radical (unpaired) electrons. The third kappa shape index (κ3) is 2.39. The van der Waals surface area contributed by atoms with Crippen molar-refractivity contribution in [2.24, 2.45) is 0 Å². The molecule has 3 atom stereocenters. The maximum absolute atomic E-state index is 11.8. The van der Waals surface area contributed by atoms with Crippen molar-refractivity contribution in [3.8, 4) is 0 Å². The second-order valence-corrected chi connectivity index (χ2v) is 4.87. The van der Waals surface area contributed by atoms with Gasteiger partial charge in [-0.2, -0.15) is 4.98 Å². The molecule has 114 valence electrons. The van der Waals surface area contributed by atoms with Crippen LogP contribution >= 0.6 is 0 Å². The number of H-pyrrole nitrogens is 1. The lowest BCUT2D eigenvalue weighted by atomic mass is 10.2. The SMILES string of the molecule is COC[C@H]1O[C@@H](n2cnc3c(=O)[nH]c(N)nc32)C[C@H]1OC. The summed E-state index contributed by atoms with van der Waals surface area (Å²) < 4.78 is 18.2. The molecule has 9 nitrogen and oxygen atoms in total. The molecule has 2 aromatic heterocycles. The Labute approximate surface area is 120 Å². The summed E-state index contributed by atoms with van der Waals surface area (Å²) in [5, 5.41) is 0. The summed E-state index contributed by atoms with van der Waals surface area (Å²) in [6, 6.07) is 0. The van der Waals surface area contributed by atoms with Gasteiger partial charge in [0.25, 0.3) is 5.56 Å². The molecule has 0 saturated carbocycles. The molecule has 1 saturated heterocycles. The lowest BCUT2D eigenvalue weighted by Crippen LogP contribution is -2.27. The minimum atomic E-state index is -0.369. The fourth-order valence-electron chi connectivity index (χ4n) is 2.59. The van der Waals surface area contributed by atoms with Crippen molar-refractivity contribution in [1.82, 2.24) is 19.5 Å². The highest BCUT2D eigenvalue weighted by Crippen LogP contribution is 2.32. The van der Waals surface area contributed by atoms with Gasteiger partial charge >= 0.3 is 0 Å². The predicted molar refractivity (Wildman–Crippen MR) is 73.8 cm³/mol. The third-order valence-electron chi connectivity index (χ3n) is 3.58. The van der Waals surface area contributed by atoms with Crippen LogP contribution in [0.5, 0.6) is 0 Å². The van der Waals surface area contributed by atoms with E-state index in [1.807, 2.05) is 0 Å². The maximum Gasteiger partial charge on any atom is 0.280 e. The first-order valence-electron chi connectivity index (χ1n) is 6.53. The van der Waals surface area contributed by atoms with E-state index in [9.17, 15) is 4.79 Å². The van der Waals surface area contributed by atoms with Crippen LogP contribution < -0.4 is 11.3 Å². The summed E-state index contributed by atoms with van der Waals surface area (Å²) in [6.07, 6.45) is 1.55. The molecule has 3 rings (SSSR count). The van der Waals surface area contributed by atoms with E-state index in [2.05, 4.69) is 15.0 Å². The molecule has 0 bridgehead atoms. The van der Waals surface area contributed by atoms with Crippen molar-refractivity contribution in [2.45, 2.75) is 24.9 Å². The van der Waals surface area contributed by atoms with Gasteiger partial charge in [0.1, 0.15) is 12.3 Å². The van der Waals surface area contributed by atoms with E-state index in [0.717, 1.165) is 0 Å². The number of ether oxygens (including phenoxy) is 3. The quantitative estimate of drug-likeness (QED) is 0.791. The van der Waals surface area contributed by atoms with Crippen molar-refractivity contribution in [3.05, 3.63) is 16.7 Å². The number of nitrogens with one attached hydrogen (secondary N) is 1. The van der Waals surface area contributed by atoms with E-state index in [0.29, 0.717) is 18.7 Å². The van der Waals surface area contributed by atoms with E-state index in [1.54, 1.807) is 18.8 Å². The highest BCUT2D eigenvalue weighted by atomic mass is 16.6. The number of nitrogens with zero attached hydrogens (tertiary/aromatic N) is 3. The van der Waals surface area contributed by atoms with Gasteiger partial charge < -0.3 is 19.9 Å². The molecule has 0 unspecified atom stereocenters. The summed E-state index contributed by atoms with van der Waals surface area (Å²) in [6.45, 7) is 0.428. The van der Waals surface area contributed by atoms with E-state index in [-0.39, 0.29) is 35.5 Å². The van der Waals surface area contributed by atoms with Gasteiger partial charge in [0.15, 0.2) is 11.2 Å². The van der Waals surface area contributed by atoms with Crippen LogP contribution in [0, 0.1) is 0 Å². The number of fused-ring (bicyclic) bond motifs is 1. The molecule has 9 heteroatoms. The Balaban J connectivity index is 1.96. The Kier molecular flexibility index (Phi) is 3.62. The Morgan fingerprint density at radius 2 is 2.38 bits per heavy atom. The van der Waals surface area contributed by atoms with Crippen LogP contribution in [0.2, 0.25) is 0 Å². The zero-order chi connectivity index (χ0) is 15.0. The van der Waals surface area contributed by atoms with Crippen molar-refractivity contribution in [1.29, 1.82) is 0 Å². The average molecular weight is 295 g/mol. The van der Waals surface area contributed by atoms with Crippen molar-refractivity contribution < 1.29 is 14.2 Å². The smallest absolute Gasteiger partial charge is 0.280 e. The van der Waals surface area contributed by atoms with Crippen LogP contribution in [0.1, 0.15) is 12.6 Å². The predicted octanol–water partition coefficient (Wildman–Crippen LogP) is -0.349. The zero-order valence-electron chi connectivity index (χ0n) is 11.8. The van der Waals surface area contributed by atoms with E-state index < -0.39 is 0 Å². The molecule has 1 aliphatic rings. The normalized spacial score (nSPS) is 25.7. The number of rotatable bonds is 4. The Morgan fingerprint density at radius 3 is 3.10 bits per heavy atom. The van der Waals surface area contributed by atoms with E-state index >= 15 is 0 Å². The monoisotopic (exact) mass is 295 g/mol. The van der Waals surface area contributed by atoms with Gasteiger partial charge in [0.05, 0.1) is 19.0 Å². The molecule has 3 N–H and O–H groups in total. The highest BCUT2D eigenvalue weighted by Gasteiger charge is 2.37. The van der Waals surface area contributed by atoms with Gasteiger partial charge in [-0.15, -0.1) is 0 Å². The summed E-state index contributed by atoms with van der Waals surface area (Å²) in [4.78, 5) is 22.4. The number of methoxy groups -OCH3 is 2. The molecular formula is C12H17N5O4. The largest absolute Gasteiger partial charge is 0.382 e. The first-order chi connectivity index (χ1) is 10.1. The van der Waals surface area contributed by atoms with Crippen molar-refractivity contribution >= 4 is 17.1 Å². The molecule has 1 fully saturated rings. The fourth-order valence-corrected chi connectivity index (χ4v) is 2.59. The molecule has 0 aromatic carbocycles. The fraction of sp³-hybridized carbons (Fsp3) is 0.583. The topological polar surface area (TPSA) is 117 Å². The number of anilines is 1. The second kappa shape index (κ2) is 5.43. The van der Waals surface area contributed by atoms with Gasteiger partial charge in [-0.3, -0.25) is 14.3 Å². The van der Waals surface area contributed by atoms with Crippen molar-refractivity contribution in [2.75, 3.05) is 26.6 Å². The first kappa shape index (κ1) is 14.0. The van der Waals surface area contributed by atoms with Crippen molar-refractivity contribution in [3.63, 3.8) is 0 Å². The second-order valence-electron chi connectivity index (χ2n) is 4.87. The number of nitrogens with two attached hydrogens (primary N) is 1. The third-order valence-corrected chi connectivity index (χ3v) is 3.58. The van der Waals surface area contributed by atoms with Gasteiger partial charge in [-0.1, -0.05) is 0 Å². The summed E-state index contributed by atoms with van der Waals surface area (Å²) in [5.41, 5.74) is 5.85. The van der Waals surface area contributed by atoms with Gasteiger partial charge in [0, 0.05) is 20.6 Å². The Morgan fingerprint density at radius 1 is 1.57 bits per heavy atom. The summed E-state index contributed by atoms with van der Waals surface area (Å²) in [7, 11) is 3.24. The number of hydrogen-bond acceptors (Lipinski definition) is 7. The van der Waals surface area contributed by atoms with Crippen LogP contribution in [0.4, 0.5) is 5.95 Å². The summed E-state index contributed by atoms with van der Waals surface area (Å²) in [5.74, 6) is 0.0454. The van der Waals surface area contributed by atoms with Crippen LogP contribution in [-0.2, 0) is 14.2 Å². The number of hydrogen-bond donors (Lipinski definition) is 2. The average Bonchev–Trinajstić information content (AvgIpc) is 3.02. The Hall–Kier alpha value is -1.97. The van der Waals surface area contributed by atoms with Gasteiger partial charge in [-0.25, -0.2) is 4.98 Å². The molecule has 3 heterocycles.